The molecule has 0 bridgehead atoms. The van der Waals surface area contributed by atoms with Crippen LogP contribution in [0.25, 0.3) is 0 Å². The predicted octanol–water partition coefficient (Wildman–Crippen LogP) is 11.1. The average Bonchev–Trinajstić information content (AvgIpc) is 3.28. The van der Waals surface area contributed by atoms with Crippen molar-refractivity contribution in [1.29, 1.82) is 0 Å². The fraction of sp³-hybridized carbons (Fsp3) is 0.0426. The molecule has 15 heteroatoms. The van der Waals surface area contributed by atoms with E-state index in [-0.39, 0.29) is 31.9 Å². The molecule has 0 spiro atoms. The Hall–Kier alpha value is -5.42. The summed E-state index contributed by atoms with van der Waals surface area (Å²) in [5.74, 6) is -9.87. The Morgan fingerprint density at radius 3 is 0.694 bits per heavy atom. The summed E-state index contributed by atoms with van der Waals surface area (Å²) in [7, 11) is -0.892. The molecule has 0 aliphatic carbocycles. The second kappa shape index (κ2) is 26.8. The van der Waals surface area contributed by atoms with Gasteiger partial charge < -0.3 is 0 Å². The van der Waals surface area contributed by atoms with Crippen molar-refractivity contribution in [3.05, 3.63) is 224 Å². The second-order valence-electron chi connectivity index (χ2n) is 11.6. The van der Waals surface area contributed by atoms with E-state index < -0.39 is 57.3 Å². The molecule has 1 radical (unpaired) electrons. The van der Waals surface area contributed by atoms with Crippen molar-refractivity contribution in [2.45, 2.75) is 12.4 Å². The topological polar surface area (TPSA) is 19.9 Å². The maximum atomic E-state index is 12.0. The summed E-state index contributed by atoms with van der Waals surface area (Å²) < 4.78 is 133. The molecule has 0 aliphatic heterocycles. The molecule has 321 valence electrons. The zero-order valence-electron chi connectivity index (χ0n) is 31.6. The number of alkyl halides is 6. The molecular formula is C47H30F11IrOP2-. The number of halogens is 11. The van der Waals surface area contributed by atoms with E-state index in [0.29, 0.717) is 0 Å². The van der Waals surface area contributed by atoms with E-state index in [1.54, 1.807) is 0 Å². The van der Waals surface area contributed by atoms with Crippen molar-refractivity contribution < 1.29 is 73.1 Å². The van der Waals surface area contributed by atoms with Crippen molar-refractivity contribution >= 4 is 47.7 Å². The zero-order chi connectivity index (χ0) is 44.8. The van der Waals surface area contributed by atoms with Crippen molar-refractivity contribution in [2.24, 2.45) is 0 Å². The minimum absolute atomic E-state index is 0. The number of hydrogen-bond donors (Lipinski definition) is 0. The van der Waals surface area contributed by atoms with E-state index >= 15 is 0 Å². The largest absolute Gasteiger partial charge is 0.0622 e. The van der Waals surface area contributed by atoms with Crippen LogP contribution in [0.1, 0.15) is 0 Å². The van der Waals surface area contributed by atoms with Gasteiger partial charge in [0.1, 0.15) is 0 Å². The Bertz CT molecular complexity index is 2060. The normalized spacial score (nSPS) is 10.3. The summed E-state index contributed by atoms with van der Waals surface area (Å²) in [6, 6.07) is 65.7. The van der Waals surface area contributed by atoms with Gasteiger partial charge >= 0.3 is 23.7 Å². The maximum Gasteiger partial charge on any atom is 0 e. The predicted molar refractivity (Wildman–Crippen MR) is 219 cm³/mol. The van der Waals surface area contributed by atoms with Gasteiger partial charge in [-0.1, -0.05) is 182 Å². The minimum atomic E-state index is -5.07. The molecule has 0 saturated heterocycles. The van der Waals surface area contributed by atoms with Crippen LogP contribution in [-0.4, -0.2) is 12.4 Å². The van der Waals surface area contributed by atoms with Gasteiger partial charge in [0, 0.05) is 31.9 Å². The molecule has 7 aromatic rings. The Balaban J connectivity index is 0.000000290. The van der Waals surface area contributed by atoms with E-state index in [1.165, 1.54) is 31.8 Å². The van der Waals surface area contributed by atoms with Crippen LogP contribution in [0.15, 0.2) is 182 Å². The number of benzene rings is 7. The van der Waals surface area contributed by atoms with Crippen molar-refractivity contribution in [1.82, 2.24) is 0 Å². The van der Waals surface area contributed by atoms with Crippen molar-refractivity contribution in [3.8, 4) is 11.8 Å². The smallest absolute Gasteiger partial charge is 0 e. The number of rotatable bonds is 6. The van der Waals surface area contributed by atoms with E-state index in [1.807, 2.05) is 0 Å². The summed E-state index contributed by atoms with van der Waals surface area (Å²) in [4.78, 5) is 0. The van der Waals surface area contributed by atoms with Crippen LogP contribution >= 0.6 is 15.8 Å². The Morgan fingerprint density at radius 1 is 0.355 bits per heavy atom. The second-order valence-corrected chi connectivity index (χ2v) is 16.1. The summed E-state index contributed by atoms with van der Waals surface area (Å²) in [5, 5.41) is 8.39. The van der Waals surface area contributed by atoms with Crippen molar-refractivity contribution in [2.75, 3.05) is 0 Å². The maximum absolute atomic E-state index is 12.0. The van der Waals surface area contributed by atoms with Gasteiger partial charge in [-0.05, 0) is 47.7 Å². The first kappa shape index (κ1) is 52.7. The average molecular weight is 1070 g/mol. The fourth-order valence-corrected chi connectivity index (χ4v) is 9.60. The molecule has 0 heterocycles. The first-order chi connectivity index (χ1) is 29.1. The van der Waals surface area contributed by atoms with Gasteiger partial charge in [0.2, 0.25) is 0 Å². The van der Waals surface area contributed by atoms with Crippen molar-refractivity contribution in [3.63, 3.8) is 0 Å². The first-order valence-corrected chi connectivity index (χ1v) is 20.0. The molecule has 0 aromatic heterocycles. The number of hydrogen-bond acceptors (Lipinski definition) is 0. The summed E-state index contributed by atoms with van der Waals surface area (Å²) in [6.45, 7) is 4.50. The Kier molecular flexibility index (Phi) is 22.8. The molecule has 0 unspecified atom stereocenters. The molecule has 62 heavy (non-hydrogen) atoms. The minimum Gasteiger partial charge on any atom is -0.0622 e. The van der Waals surface area contributed by atoms with Gasteiger partial charge in [0.25, 0.3) is 0 Å². The van der Waals surface area contributed by atoms with Gasteiger partial charge in [-0.2, -0.15) is 26.3 Å². The monoisotopic (exact) mass is 1070 g/mol. The molecule has 7 rings (SSSR count). The summed E-state index contributed by atoms with van der Waals surface area (Å²) in [5.41, 5.74) is 0. The third-order valence-corrected chi connectivity index (χ3v) is 12.3. The fourth-order valence-electron chi connectivity index (χ4n) is 4.99. The molecule has 0 aliphatic rings. The van der Waals surface area contributed by atoms with E-state index in [0.717, 1.165) is 6.07 Å². The SMILES string of the molecule is FC(F)(F)C#CC(F)(F)F.Fc1[c-]c(F)c(F)c(F)c1F.[C-]#[O+].[Ir].c1ccc(P(c2ccccc2)c2ccccc2)cc1.c1ccc(P(c2ccccc2)c2ccccc2)cc1. The van der Waals surface area contributed by atoms with Gasteiger partial charge in [-0.25, -0.2) is 13.2 Å². The molecule has 0 atom stereocenters. The Labute approximate surface area is 367 Å². The van der Waals surface area contributed by atoms with Crippen LogP contribution in [0.2, 0.25) is 0 Å². The molecule has 1 nitrogen and oxygen atoms in total. The van der Waals surface area contributed by atoms with Crippen LogP contribution < -0.4 is 31.8 Å². The molecule has 0 fully saturated rings. The molecule has 0 N–H and O–H groups in total. The van der Waals surface area contributed by atoms with Crippen LogP contribution in [-0.2, 0) is 24.8 Å². The first-order valence-electron chi connectivity index (χ1n) is 17.3. The third-order valence-electron chi connectivity index (χ3n) is 7.42. The van der Waals surface area contributed by atoms with Crippen LogP contribution in [0.4, 0.5) is 48.3 Å². The Morgan fingerprint density at radius 2 is 0.532 bits per heavy atom. The standard InChI is InChI=1S/2C18H15P.C6F5.C4F6.CO.Ir/c2*1-4-10-16(11-5-1)19(17-12-6-2-7-13-17)18-14-8-3-9-15-18;7-2-1-3(8)5(10)6(11)4(2)9;5-3(6,7)1-2-4(8,9)10;1-2;/h2*1-15H;;;;/q;;-1;;;. The van der Waals surface area contributed by atoms with E-state index in [9.17, 15) is 48.3 Å². The molecule has 0 amide bonds. The van der Waals surface area contributed by atoms with Gasteiger partial charge in [0.15, 0.2) is 0 Å². The quantitative estimate of drug-likeness (QED) is 0.0301. The summed E-state index contributed by atoms with van der Waals surface area (Å²) >= 11 is 0. The molecule has 0 saturated carbocycles. The van der Waals surface area contributed by atoms with Gasteiger partial charge in [0.05, 0.1) is 29.1 Å². The third kappa shape index (κ3) is 17.9. The van der Waals surface area contributed by atoms with Crippen LogP contribution in [0.5, 0.6) is 0 Å². The summed E-state index contributed by atoms with van der Waals surface area (Å²) in [6.07, 6.45) is -10.1. The van der Waals surface area contributed by atoms with Crippen LogP contribution in [0, 0.1) is 53.6 Å². The van der Waals surface area contributed by atoms with E-state index in [4.69, 9.17) is 4.65 Å². The molecule has 7 aromatic carbocycles. The van der Waals surface area contributed by atoms with Gasteiger partial charge in [-0.3, -0.25) is 8.78 Å². The van der Waals surface area contributed by atoms with E-state index in [2.05, 4.69) is 189 Å². The molecular weight excluding hydrogens is 1040 g/mol. The van der Waals surface area contributed by atoms with Gasteiger partial charge in [-0.15, -0.1) is 6.07 Å². The van der Waals surface area contributed by atoms with Crippen LogP contribution in [0.3, 0.4) is 0 Å². The zero-order valence-corrected chi connectivity index (χ0v) is 35.8.